The smallest absolute Gasteiger partial charge is 0.341 e. The van der Waals surface area contributed by atoms with Crippen LogP contribution in [-0.4, -0.2) is 35.5 Å². The minimum Gasteiger partial charge on any atom is -0.462 e. The van der Waals surface area contributed by atoms with Crippen molar-refractivity contribution in [3.63, 3.8) is 0 Å². The van der Waals surface area contributed by atoms with E-state index in [4.69, 9.17) is 13.9 Å². The van der Waals surface area contributed by atoms with E-state index in [0.717, 1.165) is 36.1 Å². The van der Waals surface area contributed by atoms with Crippen LogP contribution in [0, 0.1) is 0 Å². The van der Waals surface area contributed by atoms with Gasteiger partial charge in [-0.2, -0.15) is 0 Å². The van der Waals surface area contributed by atoms with Crippen LogP contribution in [0.15, 0.2) is 52.9 Å². The summed E-state index contributed by atoms with van der Waals surface area (Å²) in [5, 5.41) is 3.30. The first-order chi connectivity index (χ1) is 18.5. The molecule has 1 aliphatic rings. The molecule has 1 aliphatic carbocycles. The van der Waals surface area contributed by atoms with Crippen molar-refractivity contribution >= 4 is 45.3 Å². The molecule has 0 bridgehead atoms. The zero-order valence-corrected chi connectivity index (χ0v) is 22.1. The molecule has 0 aliphatic heterocycles. The van der Waals surface area contributed by atoms with Crippen LogP contribution in [0.2, 0.25) is 0 Å². The molecule has 196 valence electrons. The Kier molecular flexibility index (Phi) is 7.55. The molecule has 1 N–H and O–H groups in total. The average Bonchev–Trinajstić information content (AvgIpc) is 3.53. The maximum atomic E-state index is 13.3. The van der Waals surface area contributed by atoms with E-state index in [2.05, 4.69) is 10.3 Å². The lowest BCUT2D eigenvalue weighted by molar-refractivity contribution is -0.124. The number of benzene rings is 2. The third-order valence-electron chi connectivity index (χ3n) is 6.47. The lowest BCUT2D eigenvalue weighted by Crippen LogP contribution is -2.32. The van der Waals surface area contributed by atoms with Crippen LogP contribution < -0.4 is 5.32 Å². The Morgan fingerprint density at radius 3 is 2.58 bits per heavy atom. The molecule has 5 rings (SSSR count). The number of para-hydroxylation sites is 2. The molecule has 2 aromatic heterocycles. The number of rotatable bonds is 8. The van der Waals surface area contributed by atoms with E-state index >= 15 is 0 Å². The second-order valence-electron chi connectivity index (χ2n) is 8.96. The van der Waals surface area contributed by atoms with Gasteiger partial charge in [0.25, 0.3) is 5.91 Å². The number of anilines is 1. The molecule has 0 spiro atoms. The molecule has 9 heteroatoms. The number of ether oxygens (including phenoxy) is 2. The second-order valence-corrected chi connectivity index (χ2v) is 10.1. The lowest BCUT2D eigenvalue weighted by Gasteiger charge is -2.17. The quantitative estimate of drug-likeness (QED) is 0.270. The molecule has 0 fully saturated rings. The van der Waals surface area contributed by atoms with E-state index in [1.807, 2.05) is 18.2 Å². The molecular weight excluding hydrogens is 504 g/mol. The molecule has 4 aromatic rings. The summed E-state index contributed by atoms with van der Waals surface area (Å²) >= 11 is 1.40. The number of hydrogen-bond acceptors (Lipinski definition) is 8. The summed E-state index contributed by atoms with van der Waals surface area (Å²) in [4.78, 5) is 44.9. The van der Waals surface area contributed by atoms with Crippen LogP contribution in [0.25, 0.3) is 22.6 Å². The van der Waals surface area contributed by atoms with E-state index in [0.29, 0.717) is 33.1 Å². The summed E-state index contributed by atoms with van der Waals surface area (Å²) in [6.07, 6.45) is 2.85. The van der Waals surface area contributed by atoms with Crippen LogP contribution >= 0.6 is 11.3 Å². The summed E-state index contributed by atoms with van der Waals surface area (Å²) < 4.78 is 16.8. The molecule has 38 heavy (non-hydrogen) atoms. The highest BCUT2D eigenvalue weighted by Gasteiger charge is 2.30. The zero-order valence-electron chi connectivity index (χ0n) is 21.2. The summed E-state index contributed by atoms with van der Waals surface area (Å²) in [6.45, 7) is 3.75. The second kappa shape index (κ2) is 11.2. The van der Waals surface area contributed by atoms with E-state index in [1.165, 1.54) is 11.3 Å². The van der Waals surface area contributed by atoms with Gasteiger partial charge < -0.3 is 19.2 Å². The van der Waals surface area contributed by atoms with Crippen molar-refractivity contribution < 1.29 is 28.3 Å². The number of nitrogens with one attached hydrogen (secondary N) is 1. The highest BCUT2D eigenvalue weighted by Crippen LogP contribution is 2.39. The van der Waals surface area contributed by atoms with Crippen LogP contribution in [-0.2, 0) is 27.1 Å². The number of carbonyl (C=O) groups is 3. The Balaban J connectivity index is 1.37. The highest BCUT2D eigenvalue weighted by molar-refractivity contribution is 7.17. The number of aryl methyl sites for hydroxylation is 1. The van der Waals surface area contributed by atoms with Gasteiger partial charge in [-0.25, -0.2) is 14.6 Å². The molecular formula is C29H28N2O6S. The number of carbonyl (C=O) groups excluding carboxylic acids is 3. The van der Waals surface area contributed by atoms with Crippen molar-refractivity contribution in [1.29, 1.82) is 0 Å². The molecule has 2 heterocycles. The van der Waals surface area contributed by atoms with Gasteiger partial charge in [-0.1, -0.05) is 31.2 Å². The molecule has 1 unspecified atom stereocenters. The Hall–Kier alpha value is -3.98. The monoisotopic (exact) mass is 532 g/mol. The van der Waals surface area contributed by atoms with E-state index in [1.54, 1.807) is 44.2 Å². The van der Waals surface area contributed by atoms with Crippen molar-refractivity contribution in [1.82, 2.24) is 4.98 Å². The first kappa shape index (κ1) is 25.7. The molecule has 1 amide bonds. The van der Waals surface area contributed by atoms with Gasteiger partial charge in [0.05, 0.1) is 23.3 Å². The number of hydrogen-bond donors (Lipinski definition) is 1. The highest BCUT2D eigenvalue weighted by atomic mass is 32.1. The SMILES string of the molecule is CCOC(=O)c1c(NC(=O)C(CC)OC(=O)c2ccccc2-c2nc3ccccc3o2)sc2c1CCCC2. The zero-order chi connectivity index (χ0) is 26.6. The molecule has 0 saturated heterocycles. The third kappa shape index (κ3) is 5.06. The number of esters is 2. The van der Waals surface area contributed by atoms with Gasteiger partial charge in [-0.3, -0.25) is 4.79 Å². The number of aromatic nitrogens is 1. The van der Waals surface area contributed by atoms with Crippen LogP contribution in [0.5, 0.6) is 0 Å². The fraction of sp³-hybridized carbons (Fsp3) is 0.310. The lowest BCUT2D eigenvalue weighted by atomic mass is 9.95. The van der Waals surface area contributed by atoms with Crippen molar-refractivity contribution in [2.45, 2.75) is 52.1 Å². The summed E-state index contributed by atoms with van der Waals surface area (Å²) in [7, 11) is 0. The minimum atomic E-state index is -1.06. The van der Waals surface area contributed by atoms with E-state index < -0.39 is 23.9 Å². The van der Waals surface area contributed by atoms with E-state index in [-0.39, 0.29) is 18.6 Å². The van der Waals surface area contributed by atoms with Crippen LogP contribution in [0.1, 0.15) is 64.3 Å². The Labute approximate surface area is 224 Å². The van der Waals surface area contributed by atoms with Crippen molar-refractivity contribution in [2.24, 2.45) is 0 Å². The van der Waals surface area contributed by atoms with Gasteiger partial charge in [-0.05, 0) is 68.9 Å². The van der Waals surface area contributed by atoms with Crippen molar-refractivity contribution in [3.05, 3.63) is 70.1 Å². The average molecular weight is 533 g/mol. The van der Waals surface area contributed by atoms with Crippen LogP contribution in [0.4, 0.5) is 5.00 Å². The topological polar surface area (TPSA) is 108 Å². The Morgan fingerprint density at radius 2 is 1.79 bits per heavy atom. The predicted octanol–water partition coefficient (Wildman–Crippen LogP) is 6.19. The number of oxazole rings is 1. The number of fused-ring (bicyclic) bond motifs is 2. The maximum Gasteiger partial charge on any atom is 0.341 e. The van der Waals surface area contributed by atoms with E-state index in [9.17, 15) is 14.4 Å². The Morgan fingerprint density at radius 1 is 1.03 bits per heavy atom. The molecule has 8 nitrogen and oxygen atoms in total. The van der Waals surface area contributed by atoms with Gasteiger partial charge in [0, 0.05) is 4.88 Å². The van der Waals surface area contributed by atoms with Crippen LogP contribution in [0.3, 0.4) is 0 Å². The fourth-order valence-corrected chi connectivity index (χ4v) is 5.90. The molecule has 0 radical (unpaired) electrons. The largest absolute Gasteiger partial charge is 0.462 e. The third-order valence-corrected chi connectivity index (χ3v) is 7.68. The summed E-state index contributed by atoms with van der Waals surface area (Å²) in [5.41, 5.74) is 3.36. The molecule has 1 atom stereocenters. The van der Waals surface area contributed by atoms with Gasteiger partial charge >= 0.3 is 11.9 Å². The predicted molar refractivity (Wildman–Crippen MR) is 144 cm³/mol. The first-order valence-electron chi connectivity index (χ1n) is 12.8. The number of nitrogens with zero attached hydrogens (tertiary/aromatic N) is 1. The van der Waals surface area contributed by atoms with Gasteiger partial charge in [0.1, 0.15) is 10.5 Å². The molecule has 2 aromatic carbocycles. The molecule has 0 saturated carbocycles. The standard InChI is InChI=1S/C29H28N2O6S/c1-3-21(25(32)31-27-24(29(34)35-4-2)19-13-7-10-16-23(19)38-27)37-28(33)18-12-6-5-11-17(18)26-30-20-14-8-9-15-22(20)36-26/h5-6,8-9,11-12,14-15,21H,3-4,7,10,13,16H2,1-2H3,(H,31,32). The van der Waals surface area contributed by atoms with Crippen molar-refractivity contribution in [3.8, 4) is 11.5 Å². The number of thiophene rings is 1. The fourth-order valence-electron chi connectivity index (χ4n) is 4.62. The summed E-state index contributed by atoms with van der Waals surface area (Å²) in [5.74, 6) is -1.32. The normalized spacial score (nSPS) is 13.5. The first-order valence-corrected chi connectivity index (χ1v) is 13.6. The van der Waals surface area contributed by atoms with Crippen molar-refractivity contribution in [2.75, 3.05) is 11.9 Å². The van der Waals surface area contributed by atoms with Gasteiger partial charge in [0.15, 0.2) is 11.7 Å². The van der Waals surface area contributed by atoms with Gasteiger partial charge in [0.2, 0.25) is 5.89 Å². The van der Waals surface area contributed by atoms with Gasteiger partial charge in [-0.15, -0.1) is 11.3 Å². The maximum absolute atomic E-state index is 13.3. The minimum absolute atomic E-state index is 0.240. The summed E-state index contributed by atoms with van der Waals surface area (Å²) in [6, 6.07) is 14.2. The number of amides is 1. The Bertz CT molecular complexity index is 1470.